The molecule has 1 spiro atoms. The largest absolute Gasteiger partial charge is 0.478 e. The van der Waals surface area contributed by atoms with Gasteiger partial charge in [0.05, 0.1) is 5.60 Å². The van der Waals surface area contributed by atoms with Crippen molar-refractivity contribution in [2.24, 2.45) is 0 Å². The molecule has 5 nitrogen and oxygen atoms in total. The van der Waals surface area contributed by atoms with E-state index in [9.17, 15) is 9.59 Å². The van der Waals surface area contributed by atoms with Crippen LogP contribution in [0.2, 0.25) is 0 Å². The van der Waals surface area contributed by atoms with Crippen LogP contribution < -0.4 is 0 Å². The van der Waals surface area contributed by atoms with Gasteiger partial charge in [0.15, 0.2) is 0 Å². The molecular weight excluding hydrogens is 296 g/mol. The Morgan fingerprint density at radius 1 is 0.826 bits per heavy atom. The summed E-state index contributed by atoms with van der Waals surface area (Å²) in [7, 11) is 0. The van der Waals surface area contributed by atoms with Crippen LogP contribution >= 0.6 is 0 Å². The van der Waals surface area contributed by atoms with E-state index < -0.39 is 11.9 Å². The first-order valence-electron chi connectivity index (χ1n) is 8.12. The number of ether oxygens (including phenoxy) is 1. The van der Waals surface area contributed by atoms with Crippen molar-refractivity contribution >= 4 is 11.9 Å². The highest BCUT2D eigenvalue weighted by molar-refractivity contribution is 5.85. The van der Waals surface area contributed by atoms with Crippen LogP contribution in [0.3, 0.4) is 0 Å². The minimum absolute atomic E-state index is 0.176. The van der Waals surface area contributed by atoms with E-state index in [1.807, 2.05) is 0 Å². The Labute approximate surface area is 139 Å². The molecule has 2 rings (SSSR count). The molecule has 0 radical (unpaired) electrons. The molecule has 1 aliphatic carbocycles. The van der Waals surface area contributed by atoms with Crippen molar-refractivity contribution in [3.05, 3.63) is 24.3 Å². The fourth-order valence-corrected chi connectivity index (χ4v) is 2.50. The Morgan fingerprint density at radius 2 is 1.17 bits per heavy atom. The molecule has 0 bridgehead atoms. The fourth-order valence-electron chi connectivity index (χ4n) is 2.50. The summed E-state index contributed by atoms with van der Waals surface area (Å²) < 4.78 is 5.91. The number of hydrogen-bond acceptors (Lipinski definition) is 3. The van der Waals surface area contributed by atoms with Gasteiger partial charge in [0.25, 0.3) is 0 Å². The summed E-state index contributed by atoms with van der Waals surface area (Å²) in [6.07, 6.45) is 11.0. The van der Waals surface area contributed by atoms with E-state index in [1.165, 1.54) is 65.2 Å². The number of carboxylic acid groups (broad SMARTS) is 2. The minimum atomic E-state index is -0.935. The van der Waals surface area contributed by atoms with Crippen LogP contribution in [0, 0.1) is 0 Å². The van der Waals surface area contributed by atoms with Crippen molar-refractivity contribution in [3.8, 4) is 0 Å². The average molecular weight is 326 g/mol. The first-order valence-corrected chi connectivity index (χ1v) is 8.12. The molecule has 2 fully saturated rings. The SMILES string of the molecule is C1CCC2(CC1)CCCCO2.C=C(C)C(=O)O.C=C(C)C(=O)O. The summed E-state index contributed by atoms with van der Waals surface area (Å²) >= 11 is 0. The van der Waals surface area contributed by atoms with E-state index in [1.54, 1.807) is 0 Å². The monoisotopic (exact) mass is 326 g/mol. The van der Waals surface area contributed by atoms with Crippen LogP contribution in [0.1, 0.15) is 65.2 Å². The zero-order valence-corrected chi connectivity index (χ0v) is 14.4. The molecule has 2 aliphatic rings. The molecule has 1 saturated heterocycles. The smallest absolute Gasteiger partial charge is 0.330 e. The van der Waals surface area contributed by atoms with E-state index in [0.29, 0.717) is 5.60 Å². The molecule has 0 unspecified atom stereocenters. The van der Waals surface area contributed by atoms with E-state index in [4.69, 9.17) is 14.9 Å². The standard InChI is InChI=1S/C10H18O.2C4H6O2/c1-2-6-10(7-3-1)8-4-5-9-11-10;2*1-3(2)4(5)6/h1-9H2;2*1H2,2H3,(H,5,6). The van der Waals surface area contributed by atoms with Gasteiger partial charge >= 0.3 is 11.9 Å². The topological polar surface area (TPSA) is 83.8 Å². The van der Waals surface area contributed by atoms with E-state index >= 15 is 0 Å². The zero-order valence-electron chi connectivity index (χ0n) is 14.4. The van der Waals surface area contributed by atoms with Crippen molar-refractivity contribution in [1.82, 2.24) is 0 Å². The highest BCUT2D eigenvalue weighted by Crippen LogP contribution is 2.38. The lowest BCUT2D eigenvalue weighted by Crippen LogP contribution is -2.37. The van der Waals surface area contributed by atoms with Crippen LogP contribution in [0.5, 0.6) is 0 Å². The summed E-state index contributed by atoms with van der Waals surface area (Å²) in [5, 5.41) is 15.8. The second-order valence-electron chi connectivity index (χ2n) is 6.22. The van der Waals surface area contributed by atoms with Crippen molar-refractivity contribution in [2.75, 3.05) is 6.61 Å². The summed E-state index contributed by atoms with van der Waals surface area (Å²) in [5.74, 6) is -1.87. The fraction of sp³-hybridized carbons (Fsp3) is 0.667. The van der Waals surface area contributed by atoms with Gasteiger partial charge < -0.3 is 14.9 Å². The molecule has 0 aromatic rings. The lowest BCUT2D eigenvalue weighted by atomic mass is 9.80. The van der Waals surface area contributed by atoms with E-state index in [-0.39, 0.29) is 11.1 Å². The van der Waals surface area contributed by atoms with E-state index in [0.717, 1.165) is 6.61 Å². The lowest BCUT2D eigenvalue weighted by Gasteiger charge is -2.40. The minimum Gasteiger partial charge on any atom is -0.478 e. The van der Waals surface area contributed by atoms with Gasteiger partial charge in [-0.2, -0.15) is 0 Å². The predicted molar refractivity (Wildman–Crippen MR) is 90.5 cm³/mol. The highest BCUT2D eigenvalue weighted by atomic mass is 16.5. The Hall–Kier alpha value is -1.62. The quantitative estimate of drug-likeness (QED) is 0.744. The normalized spacial score (nSPS) is 18.5. The maximum Gasteiger partial charge on any atom is 0.330 e. The summed E-state index contributed by atoms with van der Waals surface area (Å²) in [4.78, 5) is 19.2. The van der Waals surface area contributed by atoms with E-state index in [2.05, 4.69) is 13.2 Å². The molecule has 5 heteroatoms. The van der Waals surface area contributed by atoms with Gasteiger partial charge in [-0.25, -0.2) is 9.59 Å². The molecule has 132 valence electrons. The second-order valence-corrected chi connectivity index (χ2v) is 6.22. The number of hydrogen-bond donors (Lipinski definition) is 2. The van der Waals surface area contributed by atoms with Gasteiger partial charge in [0.1, 0.15) is 0 Å². The zero-order chi connectivity index (χ0) is 17.9. The molecule has 1 aliphatic heterocycles. The lowest BCUT2D eigenvalue weighted by molar-refractivity contribution is -0.133. The van der Waals surface area contributed by atoms with Crippen LogP contribution in [-0.2, 0) is 14.3 Å². The Bertz CT molecular complexity index is 346. The first kappa shape index (κ1) is 21.4. The third-order valence-electron chi connectivity index (χ3n) is 3.93. The van der Waals surface area contributed by atoms with Gasteiger partial charge in [-0.15, -0.1) is 0 Å². The van der Waals surface area contributed by atoms with Gasteiger partial charge in [-0.05, 0) is 46.0 Å². The number of carbonyl (C=O) groups is 2. The Kier molecular flexibility index (Phi) is 10.2. The summed E-state index contributed by atoms with van der Waals surface area (Å²) in [5.41, 5.74) is 0.709. The summed E-state index contributed by atoms with van der Waals surface area (Å²) in [6.45, 7) is 10.2. The average Bonchev–Trinajstić information content (AvgIpc) is 2.50. The third-order valence-corrected chi connectivity index (χ3v) is 3.93. The Morgan fingerprint density at radius 3 is 1.48 bits per heavy atom. The molecule has 1 saturated carbocycles. The van der Waals surface area contributed by atoms with Gasteiger partial charge in [0, 0.05) is 17.8 Å². The maximum atomic E-state index is 9.60. The van der Waals surface area contributed by atoms with Crippen LogP contribution in [-0.4, -0.2) is 34.4 Å². The van der Waals surface area contributed by atoms with Crippen molar-refractivity contribution < 1.29 is 24.5 Å². The van der Waals surface area contributed by atoms with Crippen LogP contribution in [0.4, 0.5) is 0 Å². The number of rotatable bonds is 2. The first-order chi connectivity index (χ1) is 10.7. The van der Waals surface area contributed by atoms with Crippen LogP contribution in [0.15, 0.2) is 24.3 Å². The Balaban J connectivity index is 0.000000349. The summed E-state index contributed by atoms with van der Waals surface area (Å²) in [6, 6.07) is 0. The van der Waals surface area contributed by atoms with Crippen molar-refractivity contribution in [1.29, 1.82) is 0 Å². The molecule has 1 heterocycles. The molecule has 23 heavy (non-hydrogen) atoms. The van der Waals surface area contributed by atoms with Crippen molar-refractivity contribution in [3.63, 3.8) is 0 Å². The second kappa shape index (κ2) is 11.0. The third kappa shape index (κ3) is 9.89. The molecule has 0 aromatic carbocycles. The van der Waals surface area contributed by atoms with Crippen molar-refractivity contribution in [2.45, 2.75) is 70.8 Å². The van der Waals surface area contributed by atoms with Crippen LogP contribution in [0.25, 0.3) is 0 Å². The molecule has 0 aromatic heterocycles. The number of aliphatic carboxylic acids is 2. The molecule has 0 atom stereocenters. The van der Waals surface area contributed by atoms with Gasteiger partial charge in [0.2, 0.25) is 0 Å². The van der Waals surface area contributed by atoms with Gasteiger partial charge in [-0.3, -0.25) is 0 Å². The maximum absolute atomic E-state index is 9.60. The number of carboxylic acids is 2. The van der Waals surface area contributed by atoms with Gasteiger partial charge in [-0.1, -0.05) is 32.4 Å². The highest BCUT2D eigenvalue weighted by Gasteiger charge is 2.34. The molecule has 2 N–H and O–H groups in total. The molecular formula is C18H30O5. The predicted octanol–water partition coefficient (Wildman–Crippen LogP) is 4.18. The molecule has 0 amide bonds.